The molecule has 0 amide bonds. The molecular formula is C18H20ClNO4. The van der Waals surface area contributed by atoms with Gasteiger partial charge in [0.15, 0.2) is 23.0 Å². The Kier molecular flexibility index (Phi) is 5.20. The highest BCUT2D eigenvalue weighted by molar-refractivity contribution is 6.32. The maximum atomic E-state index is 6.34. The van der Waals surface area contributed by atoms with Crippen LogP contribution in [0.25, 0.3) is 0 Å². The van der Waals surface area contributed by atoms with Crippen LogP contribution in [0, 0.1) is 0 Å². The summed E-state index contributed by atoms with van der Waals surface area (Å²) in [7, 11) is 1.61. The molecule has 0 fully saturated rings. The van der Waals surface area contributed by atoms with Crippen LogP contribution in [-0.2, 0) is 6.54 Å². The molecule has 1 aliphatic heterocycles. The predicted octanol–water partition coefficient (Wildman–Crippen LogP) is 4.48. The summed E-state index contributed by atoms with van der Waals surface area (Å²) in [6.07, 6.45) is 0.910. The molecule has 2 aromatic carbocycles. The minimum absolute atomic E-state index is 0.269. The third kappa shape index (κ3) is 3.62. The zero-order valence-corrected chi connectivity index (χ0v) is 14.5. The molecule has 0 aliphatic carbocycles. The van der Waals surface area contributed by atoms with Crippen molar-refractivity contribution >= 4 is 17.3 Å². The molecule has 0 saturated carbocycles. The fourth-order valence-corrected chi connectivity index (χ4v) is 2.72. The van der Waals surface area contributed by atoms with Gasteiger partial charge in [0.25, 0.3) is 0 Å². The first kappa shape index (κ1) is 16.6. The van der Waals surface area contributed by atoms with E-state index in [0.29, 0.717) is 29.7 Å². The minimum atomic E-state index is 0.269. The third-order valence-electron chi connectivity index (χ3n) is 3.61. The number of halogens is 1. The van der Waals surface area contributed by atoms with Crippen LogP contribution < -0.4 is 24.3 Å². The van der Waals surface area contributed by atoms with Gasteiger partial charge in [0.05, 0.1) is 18.7 Å². The molecule has 0 radical (unpaired) electrons. The van der Waals surface area contributed by atoms with Crippen LogP contribution in [0.4, 0.5) is 5.69 Å². The highest BCUT2D eigenvalue weighted by Crippen LogP contribution is 2.37. The summed E-state index contributed by atoms with van der Waals surface area (Å²) in [4.78, 5) is 0. The van der Waals surface area contributed by atoms with Crippen molar-refractivity contribution in [1.82, 2.24) is 0 Å². The maximum Gasteiger partial charge on any atom is 0.231 e. The Bertz CT molecular complexity index is 720. The molecule has 128 valence electrons. The molecule has 0 aromatic heterocycles. The zero-order valence-electron chi connectivity index (χ0n) is 13.7. The van der Waals surface area contributed by atoms with Crippen molar-refractivity contribution in [3.05, 3.63) is 40.9 Å². The van der Waals surface area contributed by atoms with Crippen molar-refractivity contribution in [2.75, 3.05) is 25.8 Å². The SMILES string of the molecule is CCCOc1c(Cl)cc(CNc2ccc3c(c2)OCO3)cc1OC. The monoisotopic (exact) mass is 349 g/mol. The summed E-state index contributed by atoms with van der Waals surface area (Å²) < 4.78 is 21.8. The van der Waals surface area contributed by atoms with Crippen molar-refractivity contribution in [3.63, 3.8) is 0 Å². The highest BCUT2D eigenvalue weighted by atomic mass is 35.5. The Labute approximate surface area is 146 Å². The van der Waals surface area contributed by atoms with Gasteiger partial charge in [-0.1, -0.05) is 18.5 Å². The molecule has 0 bridgehead atoms. The van der Waals surface area contributed by atoms with E-state index in [9.17, 15) is 0 Å². The van der Waals surface area contributed by atoms with Gasteiger partial charge in [0, 0.05) is 18.3 Å². The molecule has 0 spiro atoms. The van der Waals surface area contributed by atoms with E-state index in [0.717, 1.165) is 29.2 Å². The van der Waals surface area contributed by atoms with Crippen LogP contribution in [0.1, 0.15) is 18.9 Å². The van der Waals surface area contributed by atoms with E-state index in [2.05, 4.69) is 5.32 Å². The van der Waals surface area contributed by atoms with Gasteiger partial charge in [-0.2, -0.15) is 0 Å². The van der Waals surface area contributed by atoms with Crippen molar-refractivity contribution in [1.29, 1.82) is 0 Å². The Hall–Kier alpha value is -2.27. The molecule has 1 N–H and O–H groups in total. The van der Waals surface area contributed by atoms with Crippen molar-refractivity contribution in [2.45, 2.75) is 19.9 Å². The fraction of sp³-hybridized carbons (Fsp3) is 0.333. The number of anilines is 1. The Morgan fingerprint density at radius 2 is 2.00 bits per heavy atom. The van der Waals surface area contributed by atoms with E-state index in [1.54, 1.807) is 7.11 Å². The van der Waals surface area contributed by atoms with Crippen LogP contribution in [0.2, 0.25) is 5.02 Å². The molecule has 0 atom stereocenters. The largest absolute Gasteiger partial charge is 0.493 e. The van der Waals surface area contributed by atoms with Gasteiger partial charge in [0.1, 0.15) is 0 Å². The van der Waals surface area contributed by atoms with Crippen LogP contribution in [0.3, 0.4) is 0 Å². The topological polar surface area (TPSA) is 49.0 Å². The van der Waals surface area contributed by atoms with E-state index in [-0.39, 0.29) is 6.79 Å². The number of hydrogen-bond donors (Lipinski definition) is 1. The van der Waals surface area contributed by atoms with Gasteiger partial charge in [-0.3, -0.25) is 0 Å². The quantitative estimate of drug-likeness (QED) is 0.798. The normalized spacial score (nSPS) is 12.1. The van der Waals surface area contributed by atoms with Crippen LogP contribution >= 0.6 is 11.6 Å². The van der Waals surface area contributed by atoms with Crippen molar-refractivity contribution in [2.24, 2.45) is 0 Å². The second kappa shape index (κ2) is 7.53. The molecule has 5 nitrogen and oxygen atoms in total. The summed E-state index contributed by atoms with van der Waals surface area (Å²) >= 11 is 6.34. The predicted molar refractivity (Wildman–Crippen MR) is 93.7 cm³/mol. The third-order valence-corrected chi connectivity index (χ3v) is 3.89. The number of benzene rings is 2. The second-order valence-corrected chi connectivity index (χ2v) is 5.79. The van der Waals surface area contributed by atoms with E-state index in [1.807, 2.05) is 37.3 Å². The lowest BCUT2D eigenvalue weighted by molar-refractivity contribution is 0.174. The first-order valence-electron chi connectivity index (χ1n) is 7.84. The van der Waals surface area contributed by atoms with Crippen LogP contribution in [-0.4, -0.2) is 20.5 Å². The number of rotatable bonds is 7. The Morgan fingerprint density at radius 3 is 2.79 bits per heavy atom. The molecule has 0 saturated heterocycles. The van der Waals surface area contributed by atoms with Gasteiger partial charge in [-0.25, -0.2) is 0 Å². The standard InChI is InChI=1S/C18H20ClNO4/c1-3-6-22-18-14(19)7-12(8-17(18)21-2)10-20-13-4-5-15-16(9-13)24-11-23-15/h4-5,7-9,20H,3,6,10-11H2,1-2H3. The molecule has 2 aromatic rings. The summed E-state index contributed by atoms with van der Waals surface area (Å²) in [5.41, 5.74) is 1.94. The second-order valence-electron chi connectivity index (χ2n) is 5.38. The molecule has 1 heterocycles. The first-order valence-corrected chi connectivity index (χ1v) is 8.21. The lowest BCUT2D eigenvalue weighted by atomic mass is 10.2. The smallest absolute Gasteiger partial charge is 0.231 e. The molecule has 1 aliphatic rings. The number of hydrogen-bond acceptors (Lipinski definition) is 5. The van der Waals surface area contributed by atoms with Crippen LogP contribution in [0.15, 0.2) is 30.3 Å². The van der Waals surface area contributed by atoms with E-state index in [1.165, 1.54) is 0 Å². The van der Waals surface area contributed by atoms with Gasteiger partial charge in [-0.15, -0.1) is 0 Å². The summed E-state index contributed by atoms with van der Waals surface area (Å²) in [6.45, 7) is 3.52. The zero-order chi connectivity index (χ0) is 16.9. The lowest BCUT2D eigenvalue weighted by Crippen LogP contribution is -2.03. The average molecular weight is 350 g/mol. The summed E-state index contributed by atoms with van der Waals surface area (Å²) in [5.74, 6) is 2.74. The molecular weight excluding hydrogens is 330 g/mol. The molecule has 0 unspecified atom stereocenters. The van der Waals surface area contributed by atoms with Gasteiger partial charge < -0.3 is 24.3 Å². The van der Waals surface area contributed by atoms with Gasteiger partial charge in [0.2, 0.25) is 6.79 Å². The van der Waals surface area contributed by atoms with Gasteiger partial charge in [-0.05, 0) is 36.2 Å². The minimum Gasteiger partial charge on any atom is -0.493 e. The number of ether oxygens (including phenoxy) is 4. The van der Waals surface area contributed by atoms with Crippen LogP contribution in [0.5, 0.6) is 23.0 Å². The summed E-state index contributed by atoms with van der Waals surface area (Å²) in [5, 5.41) is 3.89. The Balaban J connectivity index is 1.72. The fourth-order valence-electron chi connectivity index (χ4n) is 2.43. The number of nitrogens with one attached hydrogen (secondary N) is 1. The lowest BCUT2D eigenvalue weighted by Gasteiger charge is -2.14. The first-order chi connectivity index (χ1) is 11.7. The molecule has 3 rings (SSSR count). The van der Waals surface area contributed by atoms with Crippen molar-refractivity contribution in [3.8, 4) is 23.0 Å². The summed E-state index contributed by atoms with van der Waals surface area (Å²) in [6, 6.07) is 9.57. The van der Waals surface area contributed by atoms with E-state index < -0.39 is 0 Å². The Morgan fingerprint density at radius 1 is 1.17 bits per heavy atom. The maximum absolute atomic E-state index is 6.34. The number of methoxy groups -OCH3 is 1. The van der Waals surface area contributed by atoms with Crippen molar-refractivity contribution < 1.29 is 18.9 Å². The van der Waals surface area contributed by atoms with E-state index >= 15 is 0 Å². The van der Waals surface area contributed by atoms with Gasteiger partial charge >= 0.3 is 0 Å². The molecule has 24 heavy (non-hydrogen) atoms. The highest BCUT2D eigenvalue weighted by Gasteiger charge is 2.14. The number of fused-ring (bicyclic) bond motifs is 1. The molecule has 6 heteroatoms. The van der Waals surface area contributed by atoms with E-state index in [4.69, 9.17) is 30.5 Å². The average Bonchev–Trinajstić information content (AvgIpc) is 3.06.